The predicted molar refractivity (Wildman–Crippen MR) is 69.5 cm³/mol. The van der Waals surface area contributed by atoms with Gasteiger partial charge in [0.05, 0.1) is 11.2 Å². The van der Waals surface area contributed by atoms with E-state index in [1.54, 1.807) is 20.2 Å². The first-order chi connectivity index (χ1) is 8.16. The number of pyridine rings is 1. The largest absolute Gasteiger partial charge is 0.345 e. The molecule has 86 valence electrons. The van der Waals surface area contributed by atoms with E-state index in [0.29, 0.717) is 0 Å². The maximum absolute atomic E-state index is 11.4. The van der Waals surface area contributed by atoms with Crippen LogP contribution in [0.5, 0.6) is 0 Å². The maximum atomic E-state index is 11.4. The van der Waals surface area contributed by atoms with Crippen molar-refractivity contribution in [2.45, 2.75) is 0 Å². The van der Waals surface area contributed by atoms with Crippen LogP contribution in [0.2, 0.25) is 0 Å². The van der Waals surface area contributed by atoms with Crippen LogP contribution in [-0.2, 0) is 4.79 Å². The zero-order valence-corrected chi connectivity index (χ0v) is 9.92. The molecule has 2 rings (SSSR count). The third-order valence-electron chi connectivity index (χ3n) is 2.46. The molecule has 2 aromatic rings. The molecule has 0 aliphatic heterocycles. The molecule has 0 unspecified atom stereocenters. The van der Waals surface area contributed by atoms with E-state index in [0.717, 1.165) is 16.6 Å². The second-order valence-corrected chi connectivity index (χ2v) is 3.99. The van der Waals surface area contributed by atoms with Gasteiger partial charge in [-0.05, 0) is 18.2 Å². The van der Waals surface area contributed by atoms with Gasteiger partial charge in [-0.25, -0.2) is 4.98 Å². The molecule has 0 fully saturated rings. The fourth-order valence-electron chi connectivity index (χ4n) is 1.48. The van der Waals surface area contributed by atoms with Crippen molar-refractivity contribution in [2.24, 2.45) is 0 Å². The highest BCUT2D eigenvalue weighted by molar-refractivity contribution is 5.91. The molecule has 0 radical (unpaired) electrons. The Morgan fingerprint density at radius 3 is 2.71 bits per heavy atom. The first-order valence-electron chi connectivity index (χ1n) is 5.42. The van der Waals surface area contributed by atoms with Gasteiger partial charge in [0.25, 0.3) is 0 Å². The number of fused-ring (bicyclic) bond motifs is 1. The molecule has 0 aliphatic carbocycles. The normalized spacial score (nSPS) is 10.9. The summed E-state index contributed by atoms with van der Waals surface area (Å²) in [5.41, 5.74) is 1.73. The number of para-hydroxylation sites is 1. The molecule has 1 aromatic carbocycles. The summed E-state index contributed by atoms with van der Waals surface area (Å²) in [6.07, 6.45) is 3.26. The zero-order valence-electron chi connectivity index (χ0n) is 9.92. The van der Waals surface area contributed by atoms with Gasteiger partial charge in [0.15, 0.2) is 0 Å². The second-order valence-electron chi connectivity index (χ2n) is 3.99. The predicted octanol–water partition coefficient (Wildman–Crippen LogP) is 2.34. The lowest BCUT2D eigenvalue weighted by Crippen LogP contribution is -2.18. The highest BCUT2D eigenvalue weighted by Crippen LogP contribution is 2.12. The minimum Gasteiger partial charge on any atom is -0.345 e. The Hall–Kier alpha value is -2.16. The van der Waals surface area contributed by atoms with E-state index in [-0.39, 0.29) is 5.91 Å². The summed E-state index contributed by atoms with van der Waals surface area (Å²) in [7, 11) is 3.45. The van der Waals surface area contributed by atoms with Crippen LogP contribution in [0.3, 0.4) is 0 Å². The highest BCUT2D eigenvalue weighted by Gasteiger charge is 1.98. The molecule has 0 aliphatic rings. The minimum atomic E-state index is -0.0417. The van der Waals surface area contributed by atoms with Crippen LogP contribution < -0.4 is 0 Å². The number of aromatic nitrogens is 1. The molecule has 3 nitrogen and oxygen atoms in total. The van der Waals surface area contributed by atoms with Gasteiger partial charge in [-0.3, -0.25) is 4.79 Å². The summed E-state index contributed by atoms with van der Waals surface area (Å²) in [6.45, 7) is 0. The van der Waals surface area contributed by atoms with Gasteiger partial charge in [-0.15, -0.1) is 0 Å². The van der Waals surface area contributed by atoms with Gasteiger partial charge in [0.2, 0.25) is 5.91 Å². The number of hydrogen-bond acceptors (Lipinski definition) is 2. The highest BCUT2D eigenvalue weighted by atomic mass is 16.2. The molecule has 0 bridgehead atoms. The summed E-state index contributed by atoms with van der Waals surface area (Å²) >= 11 is 0. The smallest absolute Gasteiger partial charge is 0.246 e. The molecule has 1 heterocycles. The Labute approximate surface area is 100 Å². The molecular weight excluding hydrogens is 212 g/mol. The molecule has 0 spiro atoms. The second kappa shape index (κ2) is 4.78. The number of carbonyl (C=O) groups is 1. The van der Waals surface area contributed by atoms with Gasteiger partial charge >= 0.3 is 0 Å². The van der Waals surface area contributed by atoms with Crippen LogP contribution in [0.15, 0.2) is 42.5 Å². The molecular formula is C14H14N2O. The van der Waals surface area contributed by atoms with E-state index in [4.69, 9.17) is 0 Å². The first-order valence-corrected chi connectivity index (χ1v) is 5.42. The third-order valence-corrected chi connectivity index (χ3v) is 2.46. The van der Waals surface area contributed by atoms with Crippen LogP contribution in [0.4, 0.5) is 0 Å². The lowest BCUT2D eigenvalue weighted by molar-refractivity contribution is -0.123. The minimum absolute atomic E-state index is 0.0417. The van der Waals surface area contributed by atoms with Gasteiger partial charge in [0, 0.05) is 25.6 Å². The molecule has 3 heteroatoms. The number of nitrogens with zero attached hydrogens (tertiary/aromatic N) is 2. The van der Waals surface area contributed by atoms with Crippen molar-refractivity contribution in [3.8, 4) is 0 Å². The van der Waals surface area contributed by atoms with E-state index in [9.17, 15) is 4.79 Å². The number of carbonyl (C=O) groups excluding carboxylic acids is 1. The fraction of sp³-hybridized carbons (Fsp3) is 0.143. The van der Waals surface area contributed by atoms with Gasteiger partial charge < -0.3 is 4.90 Å². The summed E-state index contributed by atoms with van der Waals surface area (Å²) < 4.78 is 0. The summed E-state index contributed by atoms with van der Waals surface area (Å²) in [6, 6.07) is 11.8. The lowest BCUT2D eigenvalue weighted by Gasteiger charge is -2.05. The van der Waals surface area contributed by atoms with Crippen LogP contribution >= 0.6 is 0 Å². The fourth-order valence-corrected chi connectivity index (χ4v) is 1.48. The Kier molecular flexibility index (Phi) is 3.19. The van der Waals surface area contributed by atoms with Crippen molar-refractivity contribution in [1.82, 2.24) is 9.88 Å². The van der Waals surface area contributed by atoms with E-state index < -0.39 is 0 Å². The summed E-state index contributed by atoms with van der Waals surface area (Å²) in [5.74, 6) is -0.0417. The first kappa shape index (κ1) is 11.3. The van der Waals surface area contributed by atoms with E-state index >= 15 is 0 Å². The SMILES string of the molecule is CN(C)C(=O)/C=C/c1ccc2ccccc2n1. The van der Waals surface area contributed by atoms with Crippen LogP contribution in [0, 0.1) is 0 Å². The average molecular weight is 226 g/mol. The average Bonchev–Trinajstić information content (AvgIpc) is 2.35. The Morgan fingerprint density at radius 2 is 1.94 bits per heavy atom. The molecule has 0 atom stereocenters. The number of benzene rings is 1. The lowest BCUT2D eigenvalue weighted by atomic mass is 10.2. The van der Waals surface area contributed by atoms with Gasteiger partial charge in [-0.2, -0.15) is 0 Å². The number of hydrogen-bond donors (Lipinski definition) is 0. The Balaban J connectivity index is 2.28. The van der Waals surface area contributed by atoms with E-state index in [1.165, 1.54) is 11.0 Å². The zero-order chi connectivity index (χ0) is 12.3. The van der Waals surface area contributed by atoms with Crippen molar-refractivity contribution in [1.29, 1.82) is 0 Å². The number of likely N-dealkylation sites (N-methyl/N-ethyl adjacent to an activating group) is 1. The van der Waals surface area contributed by atoms with Crippen molar-refractivity contribution in [3.63, 3.8) is 0 Å². The Morgan fingerprint density at radius 1 is 1.18 bits per heavy atom. The molecule has 0 saturated carbocycles. The topological polar surface area (TPSA) is 33.2 Å². The molecule has 0 N–H and O–H groups in total. The summed E-state index contributed by atoms with van der Waals surface area (Å²) in [4.78, 5) is 17.4. The molecule has 1 aromatic heterocycles. The summed E-state index contributed by atoms with van der Waals surface area (Å²) in [5, 5.41) is 1.10. The van der Waals surface area contributed by atoms with Crippen molar-refractivity contribution < 1.29 is 4.79 Å². The van der Waals surface area contributed by atoms with Crippen molar-refractivity contribution >= 4 is 22.9 Å². The molecule has 0 saturated heterocycles. The standard InChI is InChI=1S/C14H14N2O/c1-16(2)14(17)10-9-12-8-7-11-5-3-4-6-13(11)15-12/h3-10H,1-2H3/b10-9+. The molecule has 1 amide bonds. The van der Waals surface area contributed by atoms with Gasteiger partial charge in [-0.1, -0.05) is 24.3 Å². The maximum Gasteiger partial charge on any atom is 0.246 e. The van der Waals surface area contributed by atoms with E-state index in [2.05, 4.69) is 4.98 Å². The number of amides is 1. The van der Waals surface area contributed by atoms with Gasteiger partial charge in [0.1, 0.15) is 0 Å². The van der Waals surface area contributed by atoms with Crippen LogP contribution in [0.25, 0.3) is 17.0 Å². The quantitative estimate of drug-likeness (QED) is 0.736. The van der Waals surface area contributed by atoms with Crippen LogP contribution in [-0.4, -0.2) is 29.9 Å². The van der Waals surface area contributed by atoms with E-state index in [1.807, 2.05) is 36.4 Å². The van der Waals surface area contributed by atoms with Crippen molar-refractivity contribution in [3.05, 3.63) is 48.2 Å². The monoisotopic (exact) mass is 226 g/mol. The molecule has 17 heavy (non-hydrogen) atoms. The third kappa shape index (κ3) is 2.69. The van der Waals surface area contributed by atoms with Crippen molar-refractivity contribution in [2.75, 3.05) is 14.1 Å². The number of rotatable bonds is 2. The Bertz CT molecular complexity index is 573. The van der Waals surface area contributed by atoms with Crippen LogP contribution in [0.1, 0.15) is 5.69 Å².